The van der Waals surface area contributed by atoms with Crippen LogP contribution in [0.15, 0.2) is 39.9 Å². The minimum atomic E-state index is -3.79. The molecule has 0 bridgehead atoms. The maximum atomic E-state index is 12.0. The van der Waals surface area contributed by atoms with Crippen molar-refractivity contribution in [1.29, 1.82) is 0 Å². The van der Waals surface area contributed by atoms with Gasteiger partial charge in [0.15, 0.2) is 5.82 Å². The summed E-state index contributed by atoms with van der Waals surface area (Å²) in [6.07, 6.45) is 1.26. The number of hydrogen-bond donors (Lipinski definition) is 2. The summed E-state index contributed by atoms with van der Waals surface area (Å²) in [5.74, 6) is 0.568. The number of nitrogens with two attached hydrogens (primary N) is 1. The number of nitrogens with zero attached hydrogens (tertiary/aromatic N) is 1. The van der Waals surface area contributed by atoms with E-state index < -0.39 is 10.0 Å². The molecular weight excluding hydrogens is 258 g/mol. The number of hydrogen-bond acceptors (Lipinski definition) is 6. The van der Waals surface area contributed by atoms with E-state index in [0.717, 1.165) is 0 Å². The van der Waals surface area contributed by atoms with Crippen molar-refractivity contribution in [3.8, 4) is 5.75 Å². The van der Waals surface area contributed by atoms with Gasteiger partial charge in [0.1, 0.15) is 16.9 Å². The average Bonchev–Trinajstić information content (AvgIpc) is 2.80. The second kappa shape index (κ2) is 4.57. The first-order valence-corrected chi connectivity index (χ1v) is 6.38. The number of ether oxygens (including phenoxy) is 1. The van der Waals surface area contributed by atoms with E-state index in [2.05, 4.69) is 14.4 Å². The van der Waals surface area contributed by atoms with Crippen LogP contribution in [0.5, 0.6) is 5.75 Å². The standard InChI is InChI=1S/C10H11N3O4S/c1-16-7-2-3-9(8(11)6-7)18(14,15)13-10-4-5-17-12-10/h2-6H,11H2,1H3,(H,12,13). The average molecular weight is 269 g/mol. The summed E-state index contributed by atoms with van der Waals surface area (Å²) >= 11 is 0. The number of anilines is 2. The van der Waals surface area contributed by atoms with Crippen molar-refractivity contribution in [1.82, 2.24) is 5.16 Å². The highest BCUT2D eigenvalue weighted by molar-refractivity contribution is 7.92. The van der Waals surface area contributed by atoms with Gasteiger partial charge >= 0.3 is 0 Å². The number of nitrogen functional groups attached to an aromatic ring is 1. The zero-order valence-corrected chi connectivity index (χ0v) is 10.3. The molecule has 1 aromatic heterocycles. The highest BCUT2D eigenvalue weighted by atomic mass is 32.2. The molecule has 0 spiro atoms. The molecule has 0 unspecified atom stereocenters. The Labute approximate surface area is 104 Å². The first-order valence-electron chi connectivity index (χ1n) is 4.89. The fraction of sp³-hybridized carbons (Fsp3) is 0.100. The molecular formula is C10H11N3O4S. The summed E-state index contributed by atoms with van der Waals surface area (Å²) in [6.45, 7) is 0. The van der Waals surface area contributed by atoms with E-state index in [4.69, 9.17) is 10.5 Å². The highest BCUT2D eigenvalue weighted by Gasteiger charge is 2.19. The van der Waals surface area contributed by atoms with Crippen LogP contribution in [0.25, 0.3) is 0 Å². The molecule has 8 heteroatoms. The predicted octanol–water partition coefficient (Wildman–Crippen LogP) is 1.07. The summed E-state index contributed by atoms with van der Waals surface area (Å²) in [5, 5.41) is 3.46. The second-order valence-electron chi connectivity index (χ2n) is 3.39. The van der Waals surface area contributed by atoms with Crippen molar-refractivity contribution in [2.45, 2.75) is 4.90 Å². The van der Waals surface area contributed by atoms with Crippen molar-refractivity contribution in [3.63, 3.8) is 0 Å². The number of benzene rings is 1. The van der Waals surface area contributed by atoms with Gasteiger partial charge in [-0.15, -0.1) is 0 Å². The summed E-state index contributed by atoms with van der Waals surface area (Å²) in [7, 11) is -2.32. The Morgan fingerprint density at radius 1 is 1.39 bits per heavy atom. The zero-order chi connectivity index (χ0) is 13.2. The molecule has 0 amide bonds. The topological polar surface area (TPSA) is 107 Å². The quantitative estimate of drug-likeness (QED) is 0.804. The third-order valence-corrected chi connectivity index (χ3v) is 3.61. The van der Waals surface area contributed by atoms with E-state index in [1.54, 1.807) is 0 Å². The van der Waals surface area contributed by atoms with E-state index in [1.165, 1.54) is 37.6 Å². The van der Waals surface area contributed by atoms with Crippen molar-refractivity contribution in [2.24, 2.45) is 0 Å². The zero-order valence-electron chi connectivity index (χ0n) is 9.45. The molecule has 7 nitrogen and oxygen atoms in total. The van der Waals surface area contributed by atoms with E-state index >= 15 is 0 Å². The lowest BCUT2D eigenvalue weighted by Gasteiger charge is -2.09. The molecule has 3 N–H and O–H groups in total. The number of methoxy groups -OCH3 is 1. The molecule has 0 fully saturated rings. The maximum absolute atomic E-state index is 12.0. The van der Waals surface area contributed by atoms with Crippen molar-refractivity contribution in [2.75, 3.05) is 17.6 Å². The SMILES string of the molecule is COc1ccc(S(=O)(=O)Nc2ccon2)c(N)c1. The molecule has 0 saturated carbocycles. The van der Waals surface area contributed by atoms with Gasteiger partial charge in [0, 0.05) is 12.1 Å². The third kappa shape index (κ3) is 2.38. The fourth-order valence-electron chi connectivity index (χ4n) is 1.36. The van der Waals surface area contributed by atoms with Crippen LogP contribution in [0.4, 0.5) is 11.5 Å². The smallest absolute Gasteiger partial charge is 0.265 e. The summed E-state index contributed by atoms with van der Waals surface area (Å²) in [6, 6.07) is 5.68. The summed E-state index contributed by atoms with van der Waals surface area (Å²) < 4.78 is 35.7. The Morgan fingerprint density at radius 2 is 2.17 bits per heavy atom. The molecule has 0 saturated heterocycles. The van der Waals surface area contributed by atoms with Gasteiger partial charge in [0.05, 0.1) is 12.8 Å². The first-order chi connectivity index (χ1) is 8.53. The van der Waals surface area contributed by atoms with Crippen molar-refractivity contribution in [3.05, 3.63) is 30.5 Å². The Morgan fingerprint density at radius 3 is 2.72 bits per heavy atom. The van der Waals surface area contributed by atoms with E-state index in [9.17, 15) is 8.42 Å². The van der Waals surface area contributed by atoms with Crippen LogP contribution in [0.1, 0.15) is 0 Å². The summed E-state index contributed by atoms with van der Waals surface area (Å²) in [4.78, 5) is -0.0497. The van der Waals surface area contributed by atoms with Gasteiger partial charge in [-0.05, 0) is 12.1 Å². The maximum Gasteiger partial charge on any atom is 0.265 e. The lowest BCUT2D eigenvalue weighted by atomic mass is 10.3. The van der Waals surface area contributed by atoms with Crippen LogP contribution in [0.3, 0.4) is 0 Å². The number of nitrogens with one attached hydrogen (secondary N) is 1. The van der Waals surface area contributed by atoms with Crippen LogP contribution in [0.2, 0.25) is 0 Å². The minimum absolute atomic E-state index is 0.0497. The molecule has 0 aliphatic heterocycles. The van der Waals surface area contributed by atoms with Gasteiger partial charge in [-0.3, -0.25) is 4.72 Å². The van der Waals surface area contributed by atoms with Crippen LogP contribution < -0.4 is 15.2 Å². The van der Waals surface area contributed by atoms with E-state index in [1.807, 2.05) is 0 Å². The van der Waals surface area contributed by atoms with Gasteiger partial charge in [0.25, 0.3) is 10.0 Å². The molecule has 0 atom stereocenters. The van der Waals surface area contributed by atoms with Crippen molar-refractivity contribution >= 4 is 21.5 Å². The molecule has 18 heavy (non-hydrogen) atoms. The third-order valence-electron chi connectivity index (χ3n) is 2.18. The summed E-state index contributed by atoms with van der Waals surface area (Å²) in [5.41, 5.74) is 5.76. The Bertz CT molecular complexity index is 637. The lowest BCUT2D eigenvalue weighted by Crippen LogP contribution is -2.15. The Balaban J connectivity index is 2.35. The fourth-order valence-corrected chi connectivity index (χ4v) is 2.46. The normalized spacial score (nSPS) is 11.2. The molecule has 1 aromatic carbocycles. The van der Waals surface area contributed by atoms with E-state index in [0.29, 0.717) is 5.75 Å². The molecule has 96 valence electrons. The molecule has 0 aliphatic rings. The number of rotatable bonds is 4. The Kier molecular flexibility index (Phi) is 3.11. The van der Waals surface area contributed by atoms with Crippen LogP contribution in [-0.2, 0) is 10.0 Å². The largest absolute Gasteiger partial charge is 0.497 e. The first kappa shape index (κ1) is 12.2. The Hall–Kier alpha value is -2.22. The van der Waals surface area contributed by atoms with Gasteiger partial charge in [-0.1, -0.05) is 5.16 Å². The van der Waals surface area contributed by atoms with Gasteiger partial charge in [0.2, 0.25) is 0 Å². The van der Waals surface area contributed by atoms with Crippen LogP contribution >= 0.6 is 0 Å². The van der Waals surface area contributed by atoms with Gasteiger partial charge in [-0.25, -0.2) is 8.42 Å². The molecule has 0 aliphatic carbocycles. The number of aromatic nitrogens is 1. The van der Waals surface area contributed by atoms with E-state index in [-0.39, 0.29) is 16.4 Å². The number of sulfonamides is 1. The van der Waals surface area contributed by atoms with Crippen LogP contribution in [-0.4, -0.2) is 20.7 Å². The minimum Gasteiger partial charge on any atom is -0.497 e. The molecule has 2 rings (SSSR count). The highest BCUT2D eigenvalue weighted by Crippen LogP contribution is 2.25. The molecule has 1 heterocycles. The lowest BCUT2D eigenvalue weighted by molar-refractivity contribution is 0.414. The van der Waals surface area contributed by atoms with Gasteiger partial charge < -0.3 is 15.0 Å². The van der Waals surface area contributed by atoms with Crippen molar-refractivity contribution < 1.29 is 17.7 Å². The second-order valence-corrected chi connectivity index (χ2v) is 5.04. The molecule has 0 radical (unpaired) electrons. The monoisotopic (exact) mass is 269 g/mol. The van der Waals surface area contributed by atoms with Crippen LogP contribution in [0, 0.1) is 0 Å². The van der Waals surface area contributed by atoms with Gasteiger partial charge in [-0.2, -0.15) is 0 Å². The predicted molar refractivity (Wildman–Crippen MR) is 64.7 cm³/mol. The molecule has 2 aromatic rings.